The molecule has 118 valence electrons. The van der Waals surface area contributed by atoms with Gasteiger partial charge in [0, 0.05) is 19.7 Å². The summed E-state index contributed by atoms with van der Waals surface area (Å²) < 4.78 is 5.46. The van der Waals surface area contributed by atoms with Crippen LogP contribution in [0.2, 0.25) is 0 Å². The Morgan fingerprint density at radius 3 is 2.22 bits per heavy atom. The molecule has 0 unspecified atom stereocenters. The number of ether oxygens (including phenoxy) is 1. The summed E-state index contributed by atoms with van der Waals surface area (Å²) in [6.07, 6.45) is 6.30. The number of carbonyl (C=O) groups excluding carboxylic acids is 1. The lowest BCUT2D eigenvalue weighted by molar-refractivity contribution is 0.162. The van der Waals surface area contributed by atoms with E-state index in [4.69, 9.17) is 4.74 Å². The summed E-state index contributed by atoms with van der Waals surface area (Å²) in [5, 5.41) is 0. The molecular formula is C20H21NO2. The predicted octanol–water partition coefficient (Wildman–Crippen LogP) is 4.83. The van der Waals surface area contributed by atoms with E-state index in [0.717, 1.165) is 11.1 Å². The highest BCUT2D eigenvalue weighted by atomic mass is 16.6. The monoisotopic (exact) mass is 307 g/mol. The minimum atomic E-state index is -0.382. The molecule has 0 atom stereocenters. The highest BCUT2D eigenvalue weighted by Gasteiger charge is 2.10. The van der Waals surface area contributed by atoms with Crippen molar-refractivity contribution < 1.29 is 9.53 Å². The van der Waals surface area contributed by atoms with Crippen LogP contribution in [-0.2, 0) is 4.74 Å². The van der Waals surface area contributed by atoms with Gasteiger partial charge in [0.2, 0.25) is 0 Å². The van der Waals surface area contributed by atoms with Crippen molar-refractivity contribution in [2.45, 2.75) is 6.42 Å². The minimum absolute atomic E-state index is 0.382. The predicted molar refractivity (Wildman–Crippen MR) is 94.7 cm³/mol. The molecule has 23 heavy (non-hydrogen) atoms. The lowest BCUT2D eigenvalue weighted by Gasteiger charge is -2.13. The number of amides is 1. The Morgan fingerprint density at radius 1 is 1.00 bits per heavy atom. The number of rotatable bonds is 5. The molecule has 0 saturated heterocycles. The van der Waals surface area contributed by atoms with Crippen LogP contribution in [0.15, 0.2) is 72.8 Å². The Morgan fingerprint density at radius 2 is 1.61 bits per heavy atom. The second kappa shape index (κ2) is 8.59. The summed E-state index contributed by atoms with van der Waals surface area (Å²) in [6, 6.07) is 19.7. The van der Waals surface area contributed by atoms with E-state index >= 15 is 0 Å². The van der Waals surface area contributed by atoms with Crippen molar-refractivity contribution >= 4 is 17.9 Å². The van der Waals surface area contributed by atoms with E-state index in [1.165, 1.54) is 4.90 Å². The van der Waals surface area contributed by atoms with Gasteiger partial charge in [-0.25, -0.2) is 4.79 Å². The largest absolute Gasteiger partial charge is 0.414 e. The van der Waals surface area contributed by atoms with Gasteiger partial charge in [-0.3, -0.25) is 0 Å². The molecule has 3 heteroatoms. The van der Waals surface area contributed by atoms with Gasteiger partial charge in [-0.05, 0) is 18.1 Å². The average Bonchev–Trinajstić information content (AvgIpc) is 2.59. The summed E-state index contributed by atoms with van der Waals surface area (Å²) >= 11 is 0. The Kier molecular flexibility index (Phi) is 6.18. The normalized spacial score (nSPS) is 11.5. The molecule has 3 nitrogen and oxygen atoms in total. The van der Waals surface area contributed by atoms with E-state index in [9.17, 15) is 4.79 Å². The zero-order valence-electron chi connectivity index (χ0n) is 13.5. The molecule has 0 spiro atoms. The molecule has 0 saturated carbocycles. The molecular weight excluding hydrogens is 286 g/mol. The highest BCUT2D eigenvalue weighted by Crippen LogP contribution is 2.17. The van der Waals surface area contributed by atoms with Crippen molar-refractivity contribution in [1.82, 2.24) is 4.90 Å². The topological polar surface area (TPSA) is 29.5 Å². The average molecular weight is 307 g/mol. The van der Waals surface area contributed by atoms with Crippen molar-refractivity contribution in [2.24, 2.45) is 0 Å². The number of hydrogen-bond donors (Lipinski definition) is 0. The van der Waals surface area contributed by atoms with Crippen molar-refractivity contribution in [1.29, 1.82) is 0 Å². The Hall–Kier alpha value is -2.81. The maximum absolute atomic E-state index is 11.8. The number of allylic oxidation sites excluding steroid dienone is 2. The fraction of sp³-hybridized carbons (Fsp3) is 0.150. The molecule has 0 aromatic heterocycles. The summed E-state index contributed by atoms with van der Waals surface area (Å²) in [5.41, 5.74) is 2.03. The molecule has 0 aliphatic rings. The van der Waals surface area contributed by atoms with Crippen LogP contribution in [0.4, 0.5) is 4.79 Å². The summed E-state index contributed by atoms with van der Waals surface area (Å²) in [6.45, 7) is 0. The van der Waals surface area contributed by atoms with E-state index < -0.39 is 0 Å². The molecule has 0 heterocycles. The maximum atomic E-state index is 11.8. The molecule has 0 radical (unpaired) electrons. The highest BCUT2D eigenvalue weighted by molar-refractivity contribution is 5.76. The van der Waals surface area contributed by atoms with Gasteiger partial charge >= 0.3 is 6.09 Å². The van der Waals surface area contributed by atoms with Gasteiger partial charge in [-0.2, -0.15) is 0 Å². The van der Waals surface area contributed by atoms with E-state index in [0.29, 0.717) is 12.2 Å². The third kappa shape index (κ3) is 5.47. The molecule has 0 aliphatic carbocycles. The molecule has 0 fully saturated rings. The van der Waals surface area contributed by atoms with E-state index in [-0.39, 0.29) is 6.09 Å². The van der Waals surface area contributed by atoms with Crippen LogP contribution in [0.1, 0.15) is 17.5 Å². The lowest BCUT2D eigenvalue weighted by Crippen LogP contribution is -2.22. The zero-order valence-corrected chi connectivity index (χ0v) is 13.5. The van der Waals surface area contributed by atoms with E-state index in [2.05, 4.69) is 0 Å². The van der Waals surface area contributed by atoms with Crippen LogP contribution in [-0.4, -0.2) is 25.1 Å². The fourth-order valence-corrected chi connectivity index (χ4v) is 1.95. The number of hydrogen-bond acceptors (Lipinski definition) is 2. The number of benzene rings is 2. The van der Waals surface area contributed by atoms with Crippen LogP contribution in [0.3, 0.4) is 0 Å². The smallest absolute Gasteiger partial charge is 0.410 e. The first kappa shape index (κ1) is 16.6. The van der Waals surface area contributed by atoms with Gasteiger partial charge in [-0.15, -0.1) is 0 Å². The van der Waals surface area contributed by atoms with Crippen molar-refractivity contribution in [3.63, 3.8) is 0 Å². The standard InChI is InChI=1S/C20H21NO2/c1-21(2)20(22)23-19(18-14-7-4-8-15-18)16-10-9-13-17-11-5-3-6-12-17/h3-9,11-16H,10H2,1-2H3/b13-9+,19-16+. The third-order valence-corrected chi connectivity index (χ3v) is 3.17. The molecule has 0 N–H and O–H groups in total. The van der Waals surface area contributed by atoms with Crippen LogP contribution in [0, 0.1) is 0 Å². The van der Waals surface area contributed by atoms with Crippen molar-refractivity contribution in [3.8, 4) is 0 Å². The first-order valence-corrected chi connectivity index (χ1v) is 7.53. The molecule has 2 rings (SSSR count). The van der Waals surface area contributed by atoms with E-state index in [1.807, 2.05) is 78.9 Å². The SMILES string of the molecule is CN(C)C(=O)O/C(=C/C/C=C/c1ccccc1)c1ccccc1. The fourth-order valence-electron chi connectivity index (χ4n) is 1.95. The quantitative estimate of drug-likeness (QED) is 0.740. The lowest BCUT2D eigenvalue weighted by atomic mass is 10.1. The summed E-state index contributed by atoms with van der Waals surface area (Å²) in [5.74, 6) is 0.571. The number of carbonyl (C=O) groups is 1. The van der Waals surface area contributed by atoms with Crippen molar-refractivity contribution in [2.75, 3.05) is 14.1 Å². The van der Waals surface area contributed by atoms with Crippen LogP contribution >= 0.6 is 0 Å². The number of nitrogens with zero attached hydrogens (tertiary/aromatic N) is 1. The van der Waals surface area contributed by atoms with Gasteiger partial charge in [0.05, 0.1) is 0 Å². The summed E-state index contributed by atoms with van der Waals surface area (Å²) in [4.78, 5) is 13.2. The van der Waals surface area contributed by atoms with Crippen LogP contribution < -0.4 is 0 Å². The molecule has 2 aromatic carbocycles. The van der Waals surface area contributed by atoms with E-state index in [1.54, 1.807) is 14.1 Å². The van der Waals surface area contributed by atoms with Gasteiger partial charge in [0.15, 0.2) is 0 Å². The van der Waals surface area contributed by atoms with Gasteiger partial charge in [-0.1, -0.05) is 72.8 Å². The zero-order chi connectivity index (χ0) is 16.5. The van der Waals surface area contributed by atoms with Crippen molar-refractivity contribution in [3.05, 3.63) is 83.9 Å². The van der Waals surface area contributed by atoms with Gasteiger partial charge in [0.25, 0.3) is 0 Å². The van der Waals surface area contributed by atoms with Crippen LogP contribution in [0.25, 0.3) is 11.8 Å². The molecule has 0 bridgehead atoms. The Balaban J connectivity index is 2.10. The molecule has 2 aromatic rings. The van der Waals surface area contributed by atoms with Gasteiger partial charge in [0.1, 0.15) is 5.76 Å². The second-order valence-electron chi connectivity index (χ2n) is 5.25. The second-order valence-corrected chi connectivity index (χ2v) is 5.25. The summed E-state index contributed by atoms with van der Waals surface area (Å²) in [7, 11) is 3.33. The minimum Gasteiger partial charge on any atom is -0.410 e. The van der Waals surface area contributed by atoms with Crippen LogP contribution in [0.5, 0.6) is 0 Å². The first-order valence-electron chi connectivity index (χ1n) is 7.53. The maximum Gasteiger partial charge on any atom is 0.414 e. The first-order chi connectivity index (χ1) is 11.2. The Labute approximate surface area is 137 Å². The Bertz CT molecular complexity index is 673. The van der Waals surface area contributed by atoms with Gasteiger partial charge < -0.3 is 9.64 Å². The third-order valence-electron chi connectivity index (χ3n) is 3.17. The molecule has 1 amide bonds. The molecule has 0 aliphatic heterocycles.